The van der Waals surface area contributed by atoms with Gasteiger partial charge in [-0.15, -0.1) is 0 Å². The zero-order valence-electron chi connectivity index (χ0n) is 12.7. The molecule has 2 aromatic rings. The van der Waals surface area contributed by atoms with Crippen LogP contribution in [0.4, 0.5) is 4.39 Å². The molecule has 2 heterocycles. The summed E-state index contributed by atoms with van der Waals surface area (Å²) in [5.74, 6) is 0.710. The van der Waals surface area contributed by atoms with Crippen LogP contribution in [0.1, 0.15) is 30.1 Å². The molecule has 0 saturated carbocycles. The number of hydrogen-bond donors (Lipinski definition) is 2. The Bertz CT molecular complexity index is 668. The minimum atomic E-state index is -0.283. The molecule has 1 aromatic carbocycles. The molecule has 1 aliphatic rings. The van der Waals surface area contributed by atoms with Crippen LogP contribution in [-0.4, -0.2) is 35.2 Å². The van der Waals surface area contributed by atoms with Crippen molar-refractivity contribution in [2.75, 3.05) is 13.1 Å². The van der Waals surface area contributed by atoms with Crippen molar-refractivity contribution >= 4 is 5.91 Å². The van der Waals surface area contributed by atoms with Crippen molar-refractivity contribution in [2.45, 2.75) is 31.7 Å². The maximum Gasteiger partial charge on any atom is 0.237 e. The number of hydrogen-bond acceptors (Lipinski definition) is 5. The molecule has 6 nitrogen and oxygen atoms in total. The molecule has 1 saturated heterocycles. The number of aromatic nitrogens is 2. The monoisotopic (exact) mass is 318 g/mol. The zero-order chi connectivity index (χ0) is 16.1. The molecule has 1 aromatic heterocycles. The number of nitrogens with zero attached hydrogens (tertiary/aromatic N) is 2. The van der Waals surface area contributed by atoms with Gasteiger partial charge in [0.05, 0.1) is 6.04 Å². The first-order valence-electron chi connectivity index (χ1n) is 7.78. The Balaban J connectivity index is 1.46. The van der Waals surface area contributed by atoms with Gasteiger partial charge in [-0.25, -0.2) is 4.39 Å². The number of carbonyl (C=O) groups excluding carboxylic acids is 1. The topological polar surface area (TPSA) is 80.1 Å². The quantitative estimate of drug-likeness (QED) is 0.837. The van der Waals surface area contributed by atoms with Gasteiger partial charge in [-0.1, -0.05) is 17.3 Å². The van der Waals surface area contributed by atoms with Crippen LogP contribution in [0.3, 0.4) is 0 Å². The van der Waals surface area contributed by atoms with E-state index in [1.807, 2.05) is 6.07 Å². The molecule has 2 N–H and O–H groups in total. The third-order valence-corrected chi connectivity index (χ3v) is 3.78. The van der Waals surface area contributed by atoms with Crippen molar-refractivity contribution in [1.82, 2.24) is 20.8 Å². The molecule has 7 heteroatoms. The van der Waals surface area contributed by atoms with Crippen LogP contribution in [0.25, 0.3) is 0 Å². The molecule has 0 spiro atoms. The molecular weight excluding hydrogens is 299 g/mol. The van der Waals surface area contributed by atoms with E-state index in [2.05, 4.69) is 20.8 Å². The molecular formula is C16H19FN4O2. The minimum absolute atomic E-state index is 0.0157. The van der Waals surface area contributed by atoms with Crippen molar-refractivity contribution in [2.24, 2.45) is 0 Å². The van der Waals surface area contributed by atoms with E-state index in [0.717, 1.165) is 24.9 Å². The maximum absolute atomic E-state index is 13.1. The Labute approximate surface area is 133 Å². The minimum Gasteiger partial charge on any atom is -0.354 e. The Morgan fingerprint density at radius 1 is 1.48 bits per heavy atom. The lowest BCUT2D eigenvalue weighted by Crippen LogP contribution is -2.41. The van der Waals surface area contributed by atoms with Gasteiger partial charge in [0.1, 0.15) is 5.82 Å². The fourth-order valence-electron chi connectivity index (χ4n) is 2.62. The van der Waals surface area contributed by atoms with E-state index < -0.39 is 0 Å². The van der Waals surface area contributed by atoms with Crippen LogP contribution in [-0.2, 0) is 17.6 Å². The molecule has 1 amide bonds. The summed E-state index contributed by atoms with van der Waals surface area (Å²) in [4.78, 5) is 16.1. The predicted octanol–water partition coefficient (Wildman–Crippen LogP) is 1.21. The number of carbonyl (C=O) groups is 1. The first-order valence-corrected chi connectivity index (χ1v) is 7.78. The predicted molar refractivity (Wildman–Crippen MR) is 81.2 cm³/mol. The third kappa shape index (κ3) is 4.35. The second kappa shape index (κ2) is 7.32. The SMILES string of the molecule is O=C(NCCc1nc(Cc2cccc(F)c2)no1)C1CCCN1. The largest absolute Gasteiger partial charge is 0.354 e. The summed E-state index contributed by atoms with van der Waals surface area (Å²) < 4.78 is 18.3. The zero-order valence-corrected chi connectivity index (χ0v) is 12.7. The molecule has 0 radical (unpaired) electrons. The standard InChI is InChI=1S/C16H19FN4O2/c17-12-4-1-3-11(9-12)10-14-20-15(23-21-14)6-8-19-16(22)13-5-2-7-18-13/h1,3-4,9,13,18H,2,5-8,10H2,(H,19,22). The lowest BCUT2D eigenvalue weighted by Gasteiger charge is -2.09. The molecule has 122 valence electrons. The van der Waals surface area contributed by atoms with Crippen molar-refractivity contribution in [3.8, 4) is 0 Å². The van der Waals surface area contributed by atoms with Crippen LogP contribution in [0.15, 0.2) is 28.8 Å². The van der Waals surface area contributed by atoms with Crippen molar-refractivity contribution < 1.29 is 13.7 Å². The van der Waals surface area contributed by atoms with Crippen molar-refractivity contribution in [3.63, 3.8) is 0 Å². The highest BCUT2D eigenvalue weighted by Gasteiger charge is 2.21. The van der Waals surface area contributed by atoms with Crippen LogP contribution in [0.5, 0.6) is 0 Å². The summed E-state index contributed by atoms with van der Waals surface area (Å²) in [6.07, 6.45) is 2.81. The highest BCUT2D eigenvalue weighted by Crippen LogP contribution is 2.09. The fourth-order valence-corrected chi connectivity index (χ4v) is 2.62. The average Bonchev–Trinajstić information content (AvgIpc) is 3.19. The van der Waals surface area contributed by atoms with E-state index >= 15 is 0 Å². The van der Waals surface area contributed by atoms with Crippen LogP contribution in [0, 0.1) is 5.82 Å². The van der Waals surface area contributed by atoms with E-state index in [1.54, 1.807) is 6.07 Å². The van der Waals surface area contributed by atoms with E-state index in [9.17, 15) is 9.18 Å². The highest BCUT2D eigenvalue weighted by atomic mass is 19.1. The molecule has 0 bridgehead atoms. The van der Waals surface area contributed by atoms with Gasteiger partial charge in [0.25, 0.3) is 0 Å². The Kier molecular flexibility index (Phi) is 4.97. The van der Waals surface area contributed by atoms with E-state index in [4.69, 9.17) is 4.52 Å². The van der Waals surface area contributed by atoms with Gasteiger partial charge in [0.2, 0.25) is 11.8 Å². The molecule has 1 fully saturated rings. The van der Waals surface area contributed by atoms with Gasteiger partial charge in [0.15, 0.2) is 5.82 Å². The van der Waals surface area contributed by atoms with Crippen LogP contribution in [0.2, 0.25) is 0 Å². The Morgan fingerprint density at radius 3 is 3.17 bits per heavy atom. The molecule has 23 heavy (non-hydrogen) atoms. The van der Waals surface area contributed by atoms with E-state index in [-0.39, 0.29) is 17.8 Å². The number of halogens is 1. The molecule has 3 rings (SSSR count). The lowest BCUT2D eigenvalue weighted by molar-refractivity contribution is -0.122. The molecule has 0 aliphatic carbocycles. The maximum atomic E-state index is 13.1. The first-order chi connectivity index (χ1) is 11.2. The fraction of sp³-hybridized carbons (Fsp3) is 0.438. The summed E-state index contributed by atoms with van der Waals surface area (Å²) in [6.45, 7) is 1.35. The summed E-state index contributed by atoms with van der Waals surface area (Å²) >= 11 is 0. The number of rotatable bonds is 6. The number of benzene rings is 1. The molecule has 1 aliphatic heterocycles. The van der Waals surface area contributed by atoms with Crippen LogP contribution < -0.4 is 10.6 Å². The second-order valence-electron chi connectivity index (χ2n) is 5.60. The van der Waals surface area contributed by atoms with E-state index in [0.29, 0.717) is 31.1 Å². The van der Waals surface area contributed by atoms with Gasteiger partial charge in [0, 0.05) is 19.4 Å². The van der Waals surface area contributed by atoms with Crippen LogP contribution >= 0.6 is 0 Å². The van der Waals surface area contributed by atoms with Gasteiger partial charge in [-0.2, -0.15) is 4.98 Å². The highest BCUT2D eigenvalue weighted by molar-refractivity contribution is 5.81. The van der Waals surface area contributed by atoms with Gasteiger partial charge >= 0.3 is 0 Å². The summed E-state index contributed by atoms with van der Waals surface area (Å²) in [7, 11) is 0. The normalized spacial score (nSPS) is 17.3. The van der Waals surface area contributed by atoms with Gasteiger partial charge in [-0.05, 0) is 37.1 Å². The summed E-state index contributed by atoms with van der Waals surface area (Å²) in [6, 6.07) is 6.23. The lowest BCUT2D eigenvalue weighted by atomic mass is 10.1. The second-order valence-corrected chi connectivity index (χ2v) is 5.60. The number of nitrogens with one attached hydrogen (secondary N) is 2. The van der Waals surface area contributed by atoms with Crippen molar-refractivity contribution in [1.29, 1.82) is 0 Å². The summed E-state index contributed by atoms with van der Waals surface area (Å²) in [5, 5.41) is 9.89. The first kappa shape index (κ1) is 15.6. The summed E-state index contributed by atoms with van der Waals surface area (Å²) in [5.41, 5.74) is 0.790. The smallest absolute Gasteiger partial charge is 0.237 e. The average molecular weight is 318 g/mol. The number of amides is 1. The van der Waals surface area contributed by atoms with E-state index in [1.165, 1.54) is 12.1 Å². The van der Waals surface area contributed by atoms with Gasteiger partial charge in [-0.3, -0.25) is 4.79 Å². The third-order valence-electron chi connectivity index (χ3n) is 3.78. The molecule has 1 atom stereocenters. The Hall–Kier alpha value is -2.28. The Morgan fingerprint density at radius 2 is 2.39 bits per heavy atom. The van der Waals surface area contributed by atoms with Gasteiger partial charge < -0.3 is 15.2 Å². The van der Waals surface area contributed by atoms with Crippen molar-refractivity contribution in [3.05, 3.63) is 47.4 Å². The molecule has 1 unspecified atom stereocenters.